The lowest BCUT2D eigenvalue weighted by Gasteiger charge is -2.37. The van der Waals surface area contributed by atoms with Gasteiger partial charge in [-0.15, -0.1) is 0 Å². The number of benzene rings is 1. The lowest BCUT2D eigenvalue weighted by atomic mass is 9.92. The number of rotatable bonds is 8. The fourth-order valence-electron chi connectivity index (χ4n) is 2.90. The summed E-state index contributed by atoms with van der Waals surface area (Å²) in [6.45, 7) is 13.3. The van der Waals surface area contributed by atoms with E-state index in [1.54, 1.807) is 0 Å². The SMILES string of the molecule is CC(C)CN(C(C)C)C(CN)CC(C)c1ccccc1. The van der Waals surface area contributed by atoms with Crippen molar-refractivity contribution in [1.82, 2.24) is 4.90 Å². The normalized spacial score (nSPS) is 15.1. The molecule has 114 valence electrons. The molecule has 2 unspecified atom stereocenters. The van der Waals surface area contributed by atoms with Crippen LogP contribution < -0.4 is 5.73 Å². The summed E-state index contributed by atoms with van der Waals surface area (Å²) in [5.74, 6) is 1.23. The smallest absolute Gasteiger partial charge is 0.0226 e. The topological polar surface area (TPSA) is 29.3 Å². The third kappa shape index (κ3) is 5.26. The van der Waals surface area contributed by atoms with Crippen molar-refractivity contribution in [3.05, 3.63) is 35.9 Å². The quantitative estimate of drug-likeness (QED) is 0.781. The van der Waals surface area contributed by atoms with Crippen LogP contribution >= 0.6 is 0 Å². The van der Waals surface area contributed by atoms with Crippen LogP contribution in [0.5, 0.6) is 0 Å². The molecule has 0 fully saturated rings. The summed E-state index contributed by atoms with van der Waals surface area (Å²) in [4.78, 5) is 2.57. The zero-order valence-corrected chi connectivity index (χ0v) is 13.8. The van der Waals surface area contributed by atoms with E-state index in [4.69, 9.17) is 5.73 Å². The van der Waals surface area contributed by atoms with E-state index in [0.717, 1.165) is 19.5 Å². The third-order valence-corrected chi connectivity index (χ3v) is 3.97. The molecule has 0 radical (unpaired) electrons. The Morgan fingerprint density at radius 2 is 1.60 bits per heavy atom. The van der Waals surface area contributed by atoms with E-state index in [9.17, 15) is 0 Å². The van der Waals surface area contributed by atoms with Gasteiger partial charge in [-0.25, -0.2) is 0 Å². The van der Waals surface area contributed by atoms with Gasteiger partial charge in [0, 0.05) is 25.2 Å². The van der Waals surface area contributed by atoms with Gasteiger partial charge >= 0.3 is 0 Å². The Bertz CT molecular complexity index is 359. The fourth-order valence-corrected chi connectivity index (χ4v) is 2.90. The van der Waals surface area contributed by atoms with Crippen LogP contribution in [0.25, 0.3) is 0 Å². The molecule has 1 aromatic carbocycles. The van der Waals surface area contributed by atoms with Crippen molar-refractivity contribution in [3.8, 4) is 0 Å². The zero-order chi connectivity index (χ0) is 15.1. The van der Waals surface area contributed by atoms with E-state index in [1.807, 2.05) is 0 Å². The first kappa shape index (κ1) is 17.2. The highest BCUT2D eigenvalue weighted by molar-refractivity contribution is 5.19. The third-order valence-electron chi connectivity index (χ3n) is 3.97. The van der Waals surface area contributed by atoms with Crippen molar-refractivity contribution in [2.75, 3.05) is 13.1 Å². The maximum atomic E-state index is 6.07. The minimum atomic E-state index is 0.465. The molecule has 2 nitrogen and oxygen atoms in total. The van der Waals surface area contributed by atoms with Crippen molar-refractivity contribution in [1.29, 1.82) is 0 Å². The Balaban J connectivity index is 2.73. The lowest BCUT2D eigenvalue weighted by Crippen LogP contribution is -2.47. The highest BCUT2D eigenvalue weighted by atomic mass is 15.2. The Morgan fingerprint density at radius 3 is 2.05 bits per heavy atom. The minimum absolute atomic E-state index is 0.465. The maximum Gasteiger partial charge on any atom is 0.0226 e. The molecule has 20 heavy (non-hydrogen) atoms. The Hall–Kier alpha value is -0.860. The second-order valence-corrected chi connectivity index (χ2v) is 6.62. The van der Waals surface area contributed by atoms with E-state index in [-0.39, 0.29) is 0 Å². The summed E-state index contributed by atoms with van der Waals surface area (Å²) in [6.07, 6.45) is 1.13. The van der Waals surface area contributed by atoms with Gasteiger partial charge in [0.1, 0.15) is 0 Å². The zero-order valence-electron chi connectivity index (χ0n) is 13.8. The van der Waals surface area contributed by atoms with Crippen LogP contribution in [0.1, 0.15) is 52.5 Å². The molecule has 0 aromatic heterocycles. The molecular formula is C18H32N2. The number of nitrogens with two attached hydrogens (primary N) is 1. The van der Waals surface area contributed by atoms with Gasteiger partial charge in [0.25, 0.3) is 0 Å². The average molecular weight is 276 g/mol. The van der Waals surface area contributed by atoms with Gasteiger partial charge in [-0.2, -0.15) is 0 Å². The molecule has 2 atom stereocenters. The molecular weight excluding hydrogens is 244 g/mol. The van der Waals surface area contributed by atoms with Crippen LogP contribution in [0.4, 0.5) is 0 Å². The van der Waals surface area contributed by atoms with Crippen molar-refractivity contribution < 1.29 is 0 Å². The van der Waals surface area contributed by atoms with Crippen LogP contribution in [0, 0.1) is 5.92 Å². The van der Waals surface area contributed by atoms with Crippen molar-refractivity contribution >= 4 is 0 Å². The fraction of sp³-hybridized carbons (Fsp3) is 0.667. The van der Waals surface area contributed by atoms with Crippen LogP contribution in [0.2, 0.25) is 0 Å². The summed E-state index contributed by atoms with van der Waals surface area (Å²) in [5.41, 5.74) is 7.49. The second-order valence-electron chi connectivity index (χ2n) is 6.62. The summed E-state index contributed by atoms with van der Waals surface area (Å²) in [6, 6.07) is 11.8. The molecule has 2 N–H and O–H groups in total. The number of hydrogen-bond acceptors (Lipinski definition) is 2. The standard InChI is InChI=1S/C18H32N2/c1-14(2)13-20(15(3)4)18(12-19)11-16(5)17-9-7-6-8-10-17/h6-10,14-16,18H,11-13,19H2,1-5H3. The first-order chi connectivity index (χ1) is 9.45. The van der Waals surface area contributed by atoms with Gasteiger partial charge in [-0.1, -0.05) is 51.1 Å². The number of nitrogens with zero attached hydrogens (tertiary/aromatic N) is 1. The van der Waals surface area contributed by atoms with E-state index in [1.165, 1.54) is 5.56 Å². The monoisotopic (exact) mass is 276 g/mol. The molecule has 0 bridgehead atoms. The summed E-state index contributed by atoms with van der Waals surface area (Å²) in [5, 5.41) is 0. The Labute approximate surface area is 125 Å². The van der Waals surface area contributed by atoms with Crippen molar-refractivity contribution in [2.45, 2.75) is 59.0 Å². The first-order valence-corrected chi connectivity index (χ1v) is 7.96. The van der Waals surface area contributed by atoms with Gasteiger partial charge in [-0.05, 0) is 37.7 Å². The Kier molecular flexibility index (Phi) is 7.25. The van der Waals surface area contributed by atoms with Crippen LogP contribution in [-0.4, -0.2) is 30.1 Å². The first-order valence-electron chi connectivity index (χ1n) is 7.96. The highest BCUT2D eigenvalue weighted by Crippen LogP contribution is 2.23. The summed E-state index contributed by atoms with van der Waals surface area (Å²) in [7, 11) is 0. The molecule has 0 heterocycles. The predicted octanol–water partition coefficient (Wildman–Crippen LogP) is 3.87. The summed E-state index contributed by atoms with van der Waals surface area (Å²) >= 11 is 0. The highest BCUT2D eigenvalue weighted by Gasteiger charge is 2.23. The van der Waals surface area contributed by atoms with Crippen LogP contribution in [-0.2, 0) is 0 Å². The molecule has 1 rings (SSSR count). The Morgan fingerprint density at radius 1 is 1.00 bits per heavy atom. The molecule has 0 aliphatic heterocycles. The van der Waals surface area contributed by atoms with Gasteiger partial charge < -0.3 is 5.73 Å². The average Bonchev–Trinajstić information content (AvgIpc) is 2.42. The largest absolute Gasteiger partial charge is 0.329 e. The molecule has 0 amide bonds. The molecule has 2 heteroatoms. The van der Waals surface area contributed by atoms with E-state index < -0.39 is 0 Å². The molecule has 1 aromatic rings. The van der Waals surface area contributed by atoms with E-state index >= 15 is 0 Å². The molecule has 0 spiro atoms. The molecule has 0 aliphatic carbocycles. The second kappa shape index (κ2) is 8.43. The molecule has 0 saturated heterocycles. The van der Waals surface area contributed by atoms with Crippen molar-refractivity contribution in [3.63, 3.8) is 0 Å². The lowest BCUT2D eigenvalue weighted by molar-refractivity contribution is 0.127. The van der Waals surface area contributed by atoms with Crippen LogP contribution in [0.3, 0.4) is 0 Å². The van der Waals surface area contributed by atoms with Gasteiger partial charge in [0.15, 0.2) is 0 Å². The van der Waals surface area contributed by atoms with E-state index in [0.29, 0.717) is 23.9 Å². The van der Waals surface area contributed by atoms with E-state index in [2.05, 4.69) is 69.9 Å². The predicted molar refractivity (Wildman–Crippen MR) is 89.0 cm³/mol. The van der Waals surface area contributed by atoms with Crippen molar-refractivity contribution in [2.24, 2.45) is 11.7 Å². The minimum Gasteiger partial charge on any atom is -0.329 e. The van der Waals surface area contributed by atoms with Gasteiger partial charge in [0.2, 0.25) is 0 Å². The molecule has 0 saturated carbocycles. The van der Waals surface area contributed by atoms with Gasteiger partial charge in [0.05, 0.1) is 0 Å². The van der Waals surface area contributed by atoms with Gasteiger partial charge in [-0.3, -0.25) is 4.90 Å². The molecule has 0 aliphatic rings. The maximum absolute atomic E-state index is 6.07. The van der Waals surface area contributed by atoms with Crippen LogP contribution in [0.15, 0.2) is 30.3 Å². The summed E-state index contributed by atoms with van der Waals surface area (Å²) < 4.78 is 0. The number of hydrogen-bond donors (Lipinski definition) is 1.